The Morgan fingerprint density at radius 3 is 1.96 bits per heavy atom. The molecule has 2 heteroatoms. The molecule has 1 heterocycles. The first-order chi connectivity index (χ1) is 10.4. The van der Waals surface area contributed by atoms with Crippen molar-refractivity contribution in [3.63, 3.8) is 0 Å². The van der Waals surface area contributed by atoms with Crippen molar-refractivity contribution < 1.29 is 4.79 Å². The van der Waals surface area contributed by atoms with Gasteiger partial charge in [0.15, 0.2) is 5.78 Å². The predicted molar refractivity (Wildman–Crippen MR) is 98.1 cm³/mol. The van der Waals surface area contributed by atoms with Crippen LogP contribution in [-0.4, -0.2) is 16.9 Å². The van der Waals surface area contributed by atoms with Gasteiger partial charge in [0.1, 0.15) is 0 Å². The second-order valence-corrected chi connectivity index (χ2v) is 9.62. The summed E-state index contributed by atoms with van der Waals surface area (Å²) in [5.41, 5.74) is 2.46. The first-order valence-electron chi connectivity index (χ1n) is 8.81. The monoisotopic (exact) mass is 315 g/mol. The first kappa shape index (κ1) is 18.2. The number of hydrogen-bond donors (Lipinski definition) is 1. The molecule has 1 fully saturated rings. The molecule has 0 bridgehead atoms. The van der Waals surface area contributed by atoms with Gasteiger partial charge in [0.05, 0.1) is 0 Å². The molecule has 1 N–H and O–H groups in total. The molecule has 1 aromatic rings. The molecule has 0 aromatic heterocycles. The van der Waals surface area contributed by atoms with Gasteiger partial charge in [-0.1, -0.05) is 45.0 Å². The average molecular weight is 316 g/mol. The Hall–Kier alpha value is -1.15. The SMILES string of the molecule is CC1(C)CC(CC(=O)c2ccc(C(C)(C)C)cc2)CC(C)(C)N1. The molecule has 0 radical (unpaired) electrons. The maximum Gasteiger partial charge on any atom is 0.163 e. The summed E-state index contributed by atoms with van der Waals surface area (Å²) in [7, 11) is 0. The van der Waals surface area contributed by atoms with Crippen molar-refractivity contribution >= 4 is 5.78 Å². The van der Waals surface area contributed by atoms with Gasteiger partial charge < -0.3 is 5.32 Å². The van der Waals surface area contributed by atoms with Gasteiger partial charge in [0, 0.05) is 23.1 Å². The summed E-state index contributed by atoms with van der Waals surface area (Å²) in [4.78, 5) is 12.7. The molecule has 1 aliphatic heterocycles. The van der Waals surface area contributed by atoms with E-state index < -0.39 is 0 Å². The minimum atomic E-state index is 0.1000. The fourth-order valence-corrected chi connectivity index (χ4v) is 4.21. The summed E-state index contributed by atoms with van der Waals surface area (Å²) in [6, 6.07) is 8.20. The number of rotatable bonds is 3. The zero-order valence-electron chi connectivity index (χ0n) is 15.9. The molecule has 1 aliphatic rings. The van der Waals surface area contributed by atoms with Crippen LogP contribution in [0.15, 0.2) is 24.3 Å². The Labute approximate surface area is 142 Å². The van der Waals surface area contributed by atoms with Gasteiger partial charge in [0.25, 0.3) is 0 Å². The lowest BCUT2D eigenvalue weighted by Crippen LogP contribution is -2.57. The minimum Gasteiger partial charge on any atom is -0.307 e. The van der Waals surface area contributed by atoms with E-state index in [0.29, 0.717) is 12.3 Å². The van der Waals surface area contributed by atoms with Gasteiger partial charge >= 0.3 is 0 Å². The zero-order valence-corrected chi connectivity index (χ0v) is 15.9. The van der Waals surface area contributed by atoms with E-state index in [1.807, 2.05) is 12.1 Å². The lowest BCUT2D eigenvalue weighted by Gasteiger charge is -2.46. The van der Waals surface area contributed by atoms with Crippen LogP contribution >= 0.6 is 0 Å². The Balaban J connectivity index is 2.07. The Morgan fingerprint density at radius 1 is 1.04 bits per heavy atom. The summed E-state index contributed by atoms with van der Waals surface area (Å²) in [5.74, 6) is 0.736. The average Bonchev–Trinajstić information content (AvgIpc) is 2.33. The lowest BCUT2D eigenvalue weighted by molar-refractivity contribution is 0.0864. The van der Waals surface area contributed by atoms with Crippen molar-refractivity contribution in [1.82, 2.24) is 5.32 Å². The van der Waals surface area contributed by atoms with E-state index in [4.69, 9.17) is 0 Å². The lowest BCUT2D eigenvalue weighted by atomic mass is 9.74. The third-order valence-electron chi connectivity index (χ3n) is 4.82. The molecule has 1 aromatic carbocycles. The number of carbonyl (C=O) groups excluding carboxylic acids is 1. The molecule has 0 saturated carbocycles. The first-order valence-corrected chi connectivity index (χ1v) is 8.81. The van der Waals surface area contributed by atoms with Crippen LogP contribution in [0.2, 0.25) is 0 Å². The van der Waals surface area contributed by atoms with Crippen LogP contribution in [0.5, 0.6) is 0 Å². The van der Waals surface area contributed by atoms with Crippen LogP contribution in [0.1, 0.15) is 83.7 Å². The quantitative estimate of drug-likeness (QED) is 0.785. The summed E-state index contributed by atoms with van der Waals surface area (Å²) >= 11 is 0. The van der Waals surface area contributed by atoms with Gasteiger partial charge in [-0.05, 0) is 57.4 Å². The maximum absolute atomic E-state index is 12.7. The second kappa shape index (κ2) is 6.05. The van der Waals surface area contributed by atoms with Crippen molar-refractivity contribution in [3.05, 3.63) is 35.4 Å². The number of piperidine rings is 1. The van der Waals surface area contributed by atoms with Crippen LogP contribution in [0.25, 0.3) is 0 Å². The number of benzene rings is 1. The summed E-state index contributed by atoms with van der Waals surface area (Å²) in [6.45, 7) is 15.6. The van der Waals surface area contributed by atoms with Gasteiger partial charge in [-0.3, -0.25) is 4.79 Å². The highest BCUT2D eigenvalue weighted by molar-refractivity contribution is 5.96. The molecule has 128 valence electrons. The van der Waals surface area contributed by atoms with Crippen LogP contribution in [-0.2, 0) is 5.41 Å². The molecule has 2 rings (SSSR count). The largest absolute Gasteiger partial charge is 0.307 e. The summed E-state index contributed by atoms with van der Waals surface area (Å²) < 4.78 is 0. The van der Waals surface area contributed by atoms with Crippen LogP contribution in [0.4, 0.5) is 0 Å². The van der Waals surface area contributed by atoms with E-state index in [1.54, 1.807) is 0 Å². The number of nitrogens with one attached hydrogen (secondary N) is 1. The molecule has 0 amide bonds. The van der Waals surface area contributed by atoms with Crippen molar-refractivity contribution in [2.45, 2.75) is 84.2 Å². The summed E-state index contributed by atoms with van der Waals surface area (Å²) in [5, 5.41) is 3.69. The minimum absolute atomic E-state index is 0.1000. The standard InChI is InChI=1S/C21H33NO/c1-19(2,3)17-10-8-16(9-11-17)18(23)12-15-13-20(4,5)22-21(6,7)14-15/h8-11,15,22H,12-14H2,1-7H3. The zero-order chi connectivity index (χ0) is 17.5. The normalized spacial score (nSPS) is 21.2. The molecule has 0 spiro atoms. The van der Waals surface area contributed by atoms with E-state index in [-0.39, 0.29) is 22.3 Å². The fourth-order valence-electron chi connectivity index (χ4n) is 4.21. The van der Waals surface area contributed by atoms with E-state index >= 15 is 0 Å². The van der Waals surface area contributed by atoms with Gasteiger partial charge in [-0.2, -0.15) is 0 Å². The van der Waals surface area contributed by atoms with Crippen molar-refractivity contribution in [3.8, 4) is 0 Å². The number of ketones is 1. The Morgan fingerprint density at radius 2 is 1.52 bits per heavy atom. The number of carbonyl (C=O) groups is 1. The topological polar surface area (TPSA) is 29.1 Å². The van der Waals surface area contributed by atoms with Crippen molar-refractivity contribution in [2.75, 3.05) is 0 Å². The Bertz CT molecular complexity index is 544. The van der Waals surface area contributed by atoms with Gasteiger partial charge in [-0.25, -0.2) is 0 Å². The fraction of sp³-hybridized carbons (Fsp3) is 0.667. The van der Waals surface area contributed by atoms with E-state index in [9.17, 15) is 4.79 Å². The number of hydrogen-bond acceptors (Lipinski definition) is 2. The third-order valence-corrected chi connectivity index (χ3v) is 4.82. The van der Waals surface area contributed by atoms with Crippen LogP contribution < -0.4 is 5.32 Å². The van der Waals surface area contributed by atoms with E-state index in [0.717, 1.165) is 18.4 Å². The molecule has 23 heavy (non-hydrogen) atoms. The number of Topliss-reactive ketones (excluding diaryl/α,β-unsaturated/α-hetero) is 1. The highest BCUT2D eigenvalue weighted by Gasteiger charge is 2.38. The molecular formula is C21H33NO. The van der Waals surface area contributed by atoms with Crippen LogP contribution in [0.3, 0.4) is 0 Å². The van der Waals surface area contributed by atoms with Gasteiger partial charge in [-0.15, -0.1) is 0 Å². The highest BCUT2D eigenvalue weighted by atomic mass is 16.1. The van der Waals surface area contributed by atoms with E-state index in [1.165, 1.54) is 5.56 Å². The van der Waals surface area contributed by atoms with Crippen molar-refractivity contribution in [2.24, 2.45) is 5.92 Å². The molecule has 0 aliphatic carbocycles. The van der Waals surface area contributed by atoms with E-state index in [2.05, 4.69) is 65.9 Å². The summed E-state index contributed by atoms with van der Waals surface area (Å²) in [6.07, 6.45) is 2.77. The van der Waals surface area contributed by atoms with Gasteiger partial charge in [0.2, 0.25) is 0 Å². The predicted octanol–water partition coefficient (Wildman–Crippen LogP) is 5.11. The Kier molecular flexibility index (Phi) is 4.79. The molecule has 0 atom stereocenters. The molecule has 2 nitrogen and oxygen atoms in total. The maximum atomic E-state index is 12.7. The molecular weight excluding hydrogens is 282 g/mol. The third kappa shape index (κ3) is 4.91. The van der Waals surface area contributed by atoms with Crippen LogP contribution in [0, 0.1) is 5.92 Å². The second-order valence-electron chi connectivity index (χ2n) is 9.62. The highest BCUT2D eigenvalue weighted by Crippen LogP contribution is 2.35. The van der Waals surface area contributed by atoms with Crippen molar-refractivity contribution in [1.29, 1.82) is 0 Å². The molecule has 1 saturated heterocycles. The smallest absolute Gasteiger partial charge is 0.163 e. The molecule has 0 unspecified atom stereocenters.